The van der Waals surface area contributed by atoms with E-state index in [1.165, 1.54) is 105 Å². The van der Waals surface area contributed by atoms with Gasteiger partial charge in [-0.05, 0) is 128 Å². The van der Waals surface area contributed by atoms with Gasteiger partial charge in [0.05, 0.1) is 0 Å². The summed E-state index contributed by atoms with van der Waals surface area (Å²) in [6, 6.07) is 49.2. The summed E-state index contributed by atoms with van der Waals surface area (Å²) >= 11 is 0. The largest absolute Gasteiger partial charge is 0.0619 e. The van der Waals surface area contributed by atoms with Crippen LogP contribution in [0.4, 0.5) is 0 Å². The molecule has 0 aliphatic heterocycles. The first kappa shape index (κ1) is 29.7. The number of fused-ring (bicyclic) bond motifs is 6. The number of hydrogen-bond donors (Lipinski definition) is 0. The van der Waals surface area contributed by atoms with Crippen molar-refractivity contribution in [3.63, 3.8) is 0 Å². The number of benzene rings is 8. The summed E-state index contributed by atoms with van der Waals surface area (Å²) in [4.78, 5) is 0. The SMILES string of the molecule is CC(C)(C)c1cc2ccc3ccc(-c4ccc5c(c4)C(C)(C)c4cc(-c6ccc7c(c6)C(C)(C)c6ccccc6-7)ccc4-5)c4ccc(c1)c2c34.[HH].[HH].[HH]. The Bertz CT molecular complexity index is 2720. The van der Waals surface area contributed by atoms with E-state index < -0.39 is 0 Å². The van der Waals surface area contributed by atoms with Gasteiger partial charge in [0, 0.05) is 15.1 Å². The van der Waals surface area contributed by atoms with Crippen molar-refractivity contribution in [2.24, 2.45) is 0 Å². The number of rotatable bonds is 2. The molecular weight excluding hydrogens is 601 g/mol. The summed E-state index contributed by atoms with van der Waals surface area (Å²) in [5.41, 5.74) is 17.7. The van der Waals surface area contributed by atoms with Gasteiger partial charge in [0.1, 0.15) is 0 Å². The minimum Gasteiger partial charge on any atom is -0.0619 e. The van der Waals surface area contributed by atoms with Gasteiger partial charge in [0.15, 0.2) is 0 Å². The lowest BCUT2D eigenvalue weighted by Crippen LogP contribution is -2.15. The van der Waals surface area contributed by atoms with Gasteiger partial charge in [-0.2, -0.15) is 0 Å². The Hall–Kier alpha value is -5.20. The van der Waals surface area contributed by atoms with Crippen LogP contribution in [0.2, 0.25) is 0 Å². The van der Waals surface area contributed by atoms with Crippen LogP contribution < -0.4 is 0 Å². The molecule has 0 saturated heterocycles. The van der Waals surface area contributed by atoms with Gasteiger partial charge in [0.2, 0.25) is 0 Å². The van der Waals surface area contributed by atoms with Crippen LogP contribution in [-0.2, 0) is 16.2 Å². The maximum atomic E-state index is 2.48. The molecule has 0 spiro atoms. The maximum absolute atomic E-state index is 2.48. The molecule has 0 nitrogen and oxygen atoms in total. The quantitative estimate of drug-likeness (QED) is 0.164. The Balaban J connectivity index is 0.00000145. The zero-order valence-corrected chi connectivity index (χ0v) is 30.1. The van der Waals surface area contributed by atoms with Crippen molar-refractivity contribution in [2.75, 3.05) is 0 Å². The van der Waals surface area contributed by atoms with Crippen LogP contribution in [0.3, 0.4) is 0 Å². The lowest BCUT2D eigenvalue weighted by molar-refractivity contribution is 0.591. The molecule has 8 aromatic rings. The van der Waals surface area contributed by atoms with Gasteiger partial charge in [-0.15, -0.1) is 0 Å². The highest BCUT2D eigenvalue weighted by Crippen LogP contribution is 2.53. The van der Waals surface area contributed by atoms with Crippen molar-refractivity contribution in [1.82, 2.24) is 0 Å². The molecule has 2 aliphatic carbocycles. The molecule has 8 aromatic carbocycles. The predicted octanol–water partition coefficient (Wildman–Crippen LogP) is 14.6. The van der Waals surface area contributed by atoms with Crippen LogP contribution in [0.5, 0.6) is 0 Å². The maximum Gasteiger partial charge on any atom is 0.0159 e. The summed E-state index contributed by atoms with van der Waals surface area (Å²) < 4.78 is 0. The Morgan fingerprint density at radius 3 is 1.48 bits per heavy atom. The van der Waals surface area contributed by atoms with Crippen molar-refractivity contribution in [3.05, 3.63) is 155 Å². The average molecular weight is 649 g/mol. The summed E-state index contributed by atoms with van der Waals surface area (Å²) in [7, 11) is 0. The second-order valence-electron chi connectivity index (χ2n) is 17.0. The van der Waals surface area contributed by atoms with Crippen molar-refractivity contribution in [2.45, 2.75) is 64.7 Å². The fraction of sp³-hybridized carbons (Fsp3) is 0.200. The molecule has 10 rings (SSSR count). The molecule has 0 bridgehead atoms. The van der Waals surface area contributed by atoms with E-state index in [0.29, 0.717) is 0 Å². The van der Waals surface area contributed by atoms with E-state index in [-0.39, 0.29) is 20.5 Å². The summed E-state index contributed by atoms with van der Waals surface area (Å²) in [6.07, 6.45) is 0. The fourth-order valence-electron chi connectivity index (χ4n) is 9.47. The monoisotopic (exact) mass is 648 g/mol. The third kappa shape index (κ3) is 3.94. The van der Waals surface area contributed by atoms with Crippen molar-refractivity contribution in [3.8, 4) is 44.5 Å². The van der Waals surface area contributed by atoms with Gasteiger partial charge in [-0.3, -0.25) is 0 Å². The van der Waals surface area contributed by atoms with E-state index in [9.17, 15) is 0 Å². The van der Waals surface area contributed by atoms with E-state index in [0.717, 1.165) is 0 Å². The Morgan fingerprint density at radius 2 is 0.860 bits per heavy atom. The molecule has 0 aromatic heterocycles. The average Bonchev–Trinajstić information content (AvgIpc) is 3.48. The second-order valence-corrected chi connectivity index (χ2v) is 17.0. The fourth-order valence-corrected chi connectivity index (χ4v) is 9.47. The molecule has 0 fully saturated rings. The first-order valence-corrected chi connectivity index (χ1v) is 18.2. The van der Waals surface area contributed by atoms with Gasteiger partial charge in [0.25, 0.3) is 0 Å². The standard InChI is InChI=1S/C50H42.3H2/c1-48(2,3)35-24-33-13-12-29-14-19-36(41-23-18-34(25-35)46(33)47(29)41)32-17-22-40-39-21-16-31(27-44(39)50(6,7)45(40)28-32)30-15-20-38-37-10-8-9-11-42(37)49(4,5)43(38)26-30;;;/h8-28H,1-7H3;3*1H. The first-order valence-electron chi connectivity index (χ1n) is 18.2. The van der Waals surface area contributed by atoms with Crippen LogP contribution in [0.25, 0.3) is 76.8 Å². The number of hydrogen-bond acceptors (Lipinski definition) is 0. The third-order valence-corrected chi connectivity index (χ3v) is 12.4. The highest BCUT2D eigenvalue weighted by atomic mass is 14.4. The molecule has 0 unspecified atom stereocenters. The Morgan fingerprint density at radius 1 is 0.400 bits per heavy atom. The lowest BCUT2D eigenvalue weighted by atomic mass is 9.79. The third-order valence-electron chi connectivity index (χ3n) is 12.4. The molecule has 0 heteroatoms. The van der Waals surface area contributed by atoms with Crippen LogP contribution in [-0.4, -0.2) is 0 Å². The molecule has 0 N–H and O–H groups in total. The van der Waals surface area contributed by atoms with Crippen LogP contribution in [0, 0.1) is 0 Å². The molecule has 0 atom stereocenters. The Labute approximate surface area is 300 Å². The molecule has 0 saturated carbocycles. The molecule has 2 aliphatic rings. The van der Waals surface area contributed by atoms with E-state index in [1.807, 2.05) is 0 Å². The normalized spacial score (nSPS) is 15.4. The van der Waals surface area contributed by atoms with E-state index >= 15 is 0 Å². The van der Waals surface area contributed by atoms with Gasteiger partial charge in [-0.1, -0.05) is 158 Å². The molecule has 50 heavy (non-hydrogen) atoms. The predicted molar refractivity (Wildman–Crippen MR) is 221 cm³/mol. The van der Waals surface area contributed by atoms with Crippen LogP contribution >= 0.6 is 0 Å². The lowest BCUT2D eigenvalue weighted by Gasteiger charge is -2.24. The van der Waals surface area contributed by atoms with Crippen molar-refractivity contribution in [1.29, 1.82) is 0 Å². The van der Waals surface area contributed by atoms with Crippen LogP contribution in [0.15, 0.2) is 127 Å². The van der Waals surface area contributed by atoms with Gasteiger partial charge >= 0.3 is 0 Å². The van der Waals surface area contributed by atoms with E-state index in [2.05, 4.69) is 176 Å². The first-order chi connectivity index (χ1) is 23.9. The minimum absolute atomic E-state index is 0. The zero-order valence-electron chi connectivity index (χ0n) is 30.1. The minimum atomic E-state index is -0.115. The summed E-state index contributed by atoms with van der Waals surface area (Å²) in [5, 5.41) is 8.08. The summed E-state index contributed by atoms with van der Waals surface area (Å²) in [5.74, 6) is 0. The van der Waals surface area contributed by atoms with Crippen LogP contribution in [0.1, 0.15) is 80.6 Å². The highest BCUT2D eigenvalue weighted by molar-refractivity contribution is 6.25. The topological polar surface area (TPSA) is 0 Å². The highest BCUT2D eigenvalue weighted by Gasteiger charge is 2.37. The smallest absolute Gasteiger partial charge is 0.0159 e. The molecule has 0 radical (unpaired) electrons. The van der Waals surface area contributed by atoms with Crippen molar-refractivity contribution >= 4 is 32.3 Å². The van der Waals surface area contributed by atoms with E-state index in [4.69, 9.17) is 0 Å². The van der Waals surface area contributed by atoms with Gasteiger partial charge < -0.3 is 0 Å². The molecule has 248 valence electrons. The second kappa shape index (κ2) is 9.73. The Kier molecular flexibility index (Phi) is 5.78. The molecular formula is C50H48. The summed E-state index contributed by atoms with van der Waals surface area (Å²) in [6.45, 7) is 16.5. The van der Waals surface area contributed by atoms with E-state index in [1.54, 1.807) is 0 Å². The van der Waals surface area contributed by atoms with Crippen molar-refractivity contribution < 1.29 is 4.28 Å². The molecule has 0 heterocycles. The van der Waals surface area contributed by atoms with Gasteiger partial charge in [-0.25, -0.2) is 0 Å². The molecule has 0 amide bonds. The zero-order chi connectivity index (χ0) is 34.3.